The zero-order chi connectivity index (χ0) is 15.5. The third-order valence-corrected chi connectivity index (χ3v) is 4.53. The minimum atomic E-state index is -3.65. The van der Waals surface area contributed by atoms with E-state index in [4.69, 9.17) is 4.42 Å². The Morgan fingerprint density at radius 2 is 2.14 bits per heavy atom. The van der Waals surface area contributed by atoms with E-state index in [-0.39, 0.29) is 17.5 Å². The summed E-state index contributed by atoms with van der Waals surface area (Å²) < 4.78 is 32.5. The van der Waals surface area contributed by atoms with Crippen LogP contribution < -0.4 is 10.0 Å². The van der Waals surface area contributed by atoms with Crippen molar-refractivity contribution in [2.24, 2.45) is 0 Å². The van der Waals surface area contributed by atoms with E-state index in [1.54, 1.807) is 19.1 Å². The van der Waals surface area contributed by atoms with Gasteiger partial charge in [-0.1, -0.05) is 13.8 Å². The molecule has 7 nitrogen and oxygen atoms in total. The lowest BCUT2D eigenvalue weighted by Gasteiger charge is -2.09. The monoisotopic (exact) mass is 312 g/mol. The Morgan fingerprint density at radius 3 is 2.76 bits per heavy atom. The third kappa shape index (κ3) is 3.93. The number of sulfonamides is 1. The summed E-state index contributed by atoms with van der Waals surface area (Å²) in [7, 11) is -3.65. The first-order valence-corrected chi connectivity index (χ1v) is 8.17. The zero-order valence-electron chi connectivity index (χ0n) is 12.3. The molecule has 0 fully saturated rings. The van der Waals surface area contributed by atoms with Crippen LogP contribution in [0.5, 0.6) is 0 Å². The van der Waals surface area contributed by atoms with E-state index in [0.29, 0.717) is 23.7 Å². The standard InChI is InChI=1S/C13H20N4O3S/c1-9(2)14-8-12-13(10(3)16-17-12)21(18,19)15-7-11-5-4-6-20-11/h4-6,9,14-15H,7-8H2,1-3H3,(H,16,17). The Hall–Kier alpha value is -1.64. The number of rotatable bonds is 7. The van der Waals surface area contributed by atoms with Gasteiger partial charge in [-0.25, -0.2) is 13.1 Å². The summed E-state index contributed by atoms with van der Waals surface area (Å²) in [5.74, 6) is 0.557. The average molecular weight is 312 g/mol. The molecule has 0 aliphatic rings. The highest BCUT2D eigenvalue weighted by Crippen LogP contribution is 2.18. The number of aryl methyl sites for hydroxylation is 1. The molecular formula is C13H20N4O3S. The maximum absolute atomic E-state index is 12.4. The molecule has 0 aromatic carbocycles. The van der Waals surface area contributed by atoms with Crippen LogP contribution in [0.4, 0.5) is 0 Å². The first-order valence-electron chi connectivity index (χ1n) is 6.69. The second kappa shape index (κ2) is 6.42. The average Bonchev–Trinajstić information content (AvgIpc) is 3.03. The number of aromatic nitrogens is 2. The first-order chi connectivity index (χ1) is 9.90. The smallest absolute Gasteiger partial charge is 0.244 e. The van der Waals surface area contributed by atoms with Crippen molar-refractivity contribution in [1.82, 2.24) is 20.2 Å². The summed E-state index contributed by atoms with van der Waals surface area (Å²) in [6.45, 7) is 6.16. The number of hydrogen-bond donors (Lipinski definition) is 3. The molecule has 3 N–H and O–H groups in total. The molecule has 0 radical (unpaired) electrons. The lowest BCUT2D eigenvalue weighted by Crippen LogP contribution is -2.27. The van der Waals surface area contributed by atoms with Gasteiger partial charge in [0.05, 0.1) is 24.2 Å². The van der Waals surface area contributed by atoms with E-state index in [0.717, 1.165) is 0 Å². The predicted molar refractivity (Wildman–Crippen MR) is 78.0 cm³/mol. The SMILES string of the molecule is Cc1[nH]nc(CNC(C)C)c1S(=O)(=O)NCc1ccco1. The highest BCUT2D eigenvalue weighted by molar-refractivity contribution is 7.89. The van der Waals surface area contributed by atoms with Gasteiger partial charge >= 0.3 is 0 Å². The number of nitrogens with one attached hydrogen (secondary N) is 3. The Morgan fingerprint density at radius 1 is 1.38 bits per heavy atom. The number of H-pyrrole nitrogens is 1. The fourth-order valence-electron chi connectivity index (χ4n) is 1.90. The van der Waals surface area contributed by atoms with Gasteiger partial charge in [0.1, 0.15) is 10.7 Å². The lowest BCUT2D eigenvalue weighted by atomic mass is 10.3. The van der Waals surface area contributed by atoms with Gasteiger partial charge in [-0.2, -0.15) is 5.10 Å². The van der Waals surface area contributed by atoms with Crippen molar-refractivity contribution >= 4 is 10.0 Å². The molecule has 0 aliphatic heterocycles. The van der Waals surface area contributed by atoms with Crippen molar-refractivity contribution in [3.8, 4) is 0 Å². The molecule has 2 aromatic heterocycles. The maximum atomic E-state index is 12.4. The molecule has 21 heavy (non-hydrogen) atoms. The van der Waals surface area contributed by atoms with Crippen molar-refractivity contribution in [2.75, 3.05) is 0 Å². The highest BCUT2D eigenvalue weighted by Gasteiger charge is 2.24. The van der Waals surface area contributed by atoms with Gasteiger partial charge in [0.2, 0.25) is 10.0 Å². The van der Waals surface area contributed by atoms with Gasteiger partial charge in [-0.3, -0.25) is 5.10 Å². The van der Waals surface area contributed by atoms with Gasteiger partial charge in [-0.05, 0) is 19.1 Å². The summed E-state index contributed by atoms with van der Waals surface area (Å²) in [5, 5.41) is 9.96. The molecule has 0 saturated carbocycles. The summed E-state index contributed by atoms with van der Waals surface area (Å²) in [4.78, 5) is 0.196. The molecule has 0 atom stereocenters. The molecule has 0 bridgehead atoms. The third-order valence-electron chi connectivity index (χ3n) is 2.92. The molecule has 0 saturated heterocycles. The minimum absolute atomic E-state index is 0.108. The first kappa shape index (κ1) is 15.7. The number of hydrogen-bond acceptors (Lipinski definition) is 5. The number of aromatic amines is 1. The lowest BCUT2D eigenvalue weighted by molar-refractivity contribution is 0.498. The van der Waals surface area contributed by atoms with Gasteiger partial charge in [-0.15, -0.1) is 0 Å². The Kier molecular flexibility index (Phi) is 4.81. The van der Waals surface area contributed by atoms with Crippen LogP contribution in [0, 0.1) is 6.92 Å². The molecule has 0 amide bonds. The summed E-state index contributed by atoms with van der Waals surface area (Å²) in [6, 6.07) is 3.67. The normalized spacial score (nSPS) is 12.2. The van der Waals surface area contributed by atoms with E-state index in [2.05, 4.69) is 20.2 Å². The van der Waals surface area contributed by atoms with E-state index in [1.807, 2.05) is 13.8 Å². The van der Waals surface area contributed by atoms with Gasteiger partial charge < -0.3 is 9.73 Å². The van der Waals surface area contributed by atoms with Crippen LogP contribution in [0.2, 0.25) is 0 Å². The zero-order valence-corrected chi connectivity index (χ0v) is 13.1. The maximum Gasteiger partial charge on any atom is 0.244 e. The van der Waals surface area contributed by atoms with E-state index < -0.39 is 10.0 Å². The van der Waals surface area contributed by atoms with Crippen molar-refractivity contribution < 1.29 is 12.8 Å². The number of nitrogens with zero attached hydrogens (tertiary/aromatic N) is 1. The molecule has 0 unspecified atom stereocenters. The van der Waals surface area contributed by atoms with Crippen LogP contribution in [-0.4, -0.2) is 24.7 Å². The molecular weight excluding hydrogens is 292 g/mol. The molecule has 0 aliphatic carbocycles. The molecule has 2 heterocycles. The summed E-state index contributed by atoms with van der Waals surface area (Å²) >= 11 is 0. The molecule has 116 valence electrons. The largest absolute Gasteiger partial charge is 0.468 e. The fourth-order valence-corrected chi connectivity index (χ4v) is 3.25. The summed E-state index contributed by atoms with van der Waals surface area (Å²) in [5.41, 5.74) is 0.996. The van der Waals surface area contributed by atoms with Gasteiger partial charge in [0.15, 0.2) is 0 Å². The second-order valence-electron chi connectivity index (χ2n) is 5.06. The predicted octanol–water partition coefficient (Wildman–Crippen LogP) is 1.29. The van der Waals surface area contributed by atoms with Crippen LogP contribution in [0.25, 0.3) is 0 Å². The Bertz CT molecular complexity index is 674. The molecule has 2 rings (SSSR count). The number of furan rings is 1. The van der Waals surface area contributed by atoms with Crippen molar-refractivity contribution in [1.29, 1.82) is 0 Å². The Balaban J connectivity index is 2.16. The van der Waals surface area contributed by atoms with Crippen molar-refractivity contribution in [3.63, 3.8) is 0 Å². The van der Waals surface area contributed by atoms with Gasteiger partial charge in [0, 0.05) is 12.6 Å². The highest BCUT2D eigenvalue weighted by atomic mass is 32.2. The van der Waals surface area contributed by atoms with Crippen LogP contribution in [0.1, 0.15) is 31.0 Å². The molecule has 2 aromatic rings. The van der Waals surface area contributed by atoms with Crippen LogP contribution >= 0.6 is 0 Å². The van der Waals surface area contributed by atoms with E-state index >= 15 is 0 Å². The van der Waals surface area contributed by atoms with Crippen molar-refractivity contribution in [2.45, 2.75) is 44.8 Å². The quantitative estimate of drug-likeness (QED) is 0.715. The molecule has 0 spiro atoms. The Labute approximate surface area is 124 Å². The van der Waals surface area contributed by atoms with Crippen LogP contribution in [-0.2, 0) is 23.1 Å². The topological polar surface area (TPSA) is 100 Å². The van der Waals surface area contributed by atoms with E-state index in [1.165, 1.54) is 6.26 Å². The summed E-state index contributed by atoms with van der Waals surface area (Å²) in [6.07, 6.45) is 1.50. The fraction of sp³-hybridized carbons (Fsp3) is 0.462. The second-order valence-corrected chi connectivity index (χ2v) is 6.77. The van der Waals surface area contributed by atoms with Gasteiger partial charge in [0.25, 0.3) is 0 Å². The van der Waals surface area contributed by atoms with Crippen LogP contribution in [0.3, 0.4) is 0 Å². The van der Waals surface area contributed by atoms with Crippen LogP contribution in [0.15, 0.2) is 27.7 Å². The minimum Gasteiger partial charge on any atom is -0.468 e. The molecule has 8 heteroatoms. The van der Waals surface area contributed by atoms with Crippen molar-refractivity contribution in [3.05, 3.63) is 35.5 Å². The van der Waals surface area contributed by atoms with E-state index in [9.17, 15) is 8.42 Å².